The summed E-state index contributed by atoms with van der Waals surface area (Å²) in [5.41, 5.74) is 4.68. The first-order chi connectivity index (χ1) is 15.7. The molecule has 0 saturated carbocycles. The first-order valence-electron chi connectivity index (χ1n) is 10.5. The van der Waals surface area contributed by atoms with Gasteiger partial charge in [-0.2, -0.15) is 4.98 Å². The SMILES string of the molecule is COc1ccc(Nc2ncc(N3CCC[C@@H]3CO)cc2-c2nc(C)nc3nc[nH]c23)c[nH+]1. The molecule has 4 aromatic heterocycles. The average Bonchev–Trinajstić information content (AvgIpc) is 3.48. The molecule has 5 rings (SSSR count). The smallest absolute Gasteiger partial charge is 0.365 e. The second-order valence-corrected chi connectivity index (χ2v) is 7.75. The van der Waals surface area contributed by atoms with E-state index in [-0.39, 0.29) is 12.6 Å². The normalized spacial score (nSPS) is 16.0. The number of nitrogens with one attached hydrogen (secondary N) is 3. The lowest BCUT2D eigenvalue weighted by molar-refractivity contribution is -0.392. The molecular formula is C22H25N8O2+. The minimum atomic E-state index is 0.0963. The fraction of sp³-hybridized carbons (Fsp3) is 0.318. The van der Waals surface area contributed by atoms with Gasteiger partial charge in [0.1, 0.15) is 28.5 Å². The number of fused-ring (bicyclic) bond motifs is 1. The lowest BCUT2D eigenvalue weighted by atomic mass is 10.1. The van der Waals surface area contributed by atoms with E-state index in [1.54, 1.807) is 13.4 Å². The number of rotatable bonds is 6. The van der Waals surface area contributed by atoms with Gasteiger partial charge >= 0.3 is 5.88 Å². The number of hydrogen-bond donors (Lipinski definition) is 3. The van der Waals surface area contributed by atoms with Gasteiger partial charge in [0.15, 0.2) is 11.8 Å². The van der Waals surface area contributed by atoms with Crippen LogP contribution in [0, 0.1) is 6.92 Å². The number of H-pyrrole nitrogens is 2. The van der Waals surface area contributed by atoms with Crippen LogP contribution in [-0.2, 0) is 0 Å². The van der Waals surface area contributed by atoms with Crippen molar-refractivity contribution in [3.63, 3.8) is 0 Å². The fourth-order valence-corrected chi connectivity index (χ4v) is 4.15. The summed E-state index contributed by atoms with van der Waals surface area (Å²) in [6.07, 6.45) is 7.28. The lowest BCUT2D eigenvalue weighted by Gasteiger charge is -2.26. The van der Waals surface area contributed by atoms with E-state index in [1.807, 2.05) is 31.5 Å². The number of anilines is 3. The summed E-state index contributed by atoms with van der Waals surface area (Å²) in [6.45, 7) is 2.85. The number of aryl methyl sites for hydroxylation is 1. The summed E-state index contributed by atoms with van der Waals surface area (Å²) in [5, 5.41) is 13.2. The van der Waals surface area contributed by atoms with Crippen LogP contribution in [0.25, 0.3) is 22.4 Å². The molecule has 0 radical (unpaired) electrons. The van der Waals surface area contributed by atoms with Crippen molar-refractivity contribution >= 4 is 28.4 Å². The number of nitrogens with zero attached hydrogens (tertiary/aromatic N) is 5. The number of methoxy groups -OCH3 is 1. The highest BCUT2D eigenvalue weighted by molar-refractivity contribution is 5.92. The molecule has 5 heterocycles. The summed E-state index contributed by atoms with van der Waals surface area (Å²) < 4.78 is 5.21. The van der Waals surface area contributed by atoms with E-state index in [0.29, 0.717) is 23.2 Å². The van der Waals surface area contributed by atoms with Gasteiger partial charge in [-0.25, -0.2) is 19.9 Å². The first kappa shape index (κ1) is 20.1. The molecule has 0 bridgehead atoms. The van der Waals surface area contributed by atoms with Crippen molar-refractivity contribution in [2.45, 2.75) is 25.8 Å². The summed E-state index contributed by atoms with van der Waals surface area (Å²) in [7, 11) is 1.61. The van der Waals surface area contributed by atoms with Crippen molar-refractivity contribution in [2.75, 3.05) is 30.5 Å². The maximum absolute atomic E-state index is 9.80. The van der Waals surface area contributed by atoms with Crippen LogP contribution in [0.5, 0.6) is 5.88 Å². The van der Waals surface area contributed by atoms with Crippen LogP contribution in [-0.4, -0.2) is 56.3 Å². The molecule has 4 aromatic rings. The van der Waals surface area contributed by atoms with E-state index in [0.717, 1.165) is 47.5 Å². The van der Waals surface area contributed by atoms with Crippen molar-refractivity contribution in [1.29, 1.82) is 0 Å². The molecule has 0 amide bonds. The van der Waals surface area contributed by atoms with Crippen LogP contribution in [0.15, 0.2) is 36.9 Å². The average molecular weight is 433 g/mol. The molecule has 164 valence electrons. The molecule has 1 saturated heterocycles. The predicted octanol–water partition coefficient (Wildman–Crippen LogP) is 2.25. The Morgan fingerprint density at radius 1 is 1.31 bits per heavy atom. The predicted molar refractivity (Wildman–Crippen MR) is 120 cm³/mol. The Morgan fingerprint density at radius 3 is 3.00 bits per heavy atom. The van der Waals surface area contributed by atoms with Crippen LogP contribution < -0.4 is 19.9 Å². The van der Waals surface area contributed by atoms with Crippen molar-refractivity contribution in [3.8, 4) is 17.1 Å². The number of hydrogen-bond acceptors (Lipinski definition) is 8. The zero-order valence-corrected chi connectivity index (χ0v) is 18.0. The molecule has 10 nitrogen and oxygen atoms in total. The molecule has 10 heteroatoms. The van der Waals surface area contributed by atoms with E-state index in [1.165, 1.54) is 0 Å². The van der Waals surface area contributed by atoms with E-state index in [4.69, 9.17) is 14.7 Å². The van der Waals surface area contributed by atoms with Crippen molar-refractivity contribution in [1.82, 2.24) is 24.9 Å². The van der Waals surface area contributed by atoms with Gasteiger partial charge in [-0.1, -0.05) is 0 Å². The second-order valence-electron chi connectivity index (χ2n) is 7.75. The van der Waals surface area contributed by atoms with Crippen molar-refractivity contribution in [2.24, 2.45) is 0 Å². The van der Waals surface area contributed by atoms with E-state index >= 15 is 0 Å². The number of imidazole rings is 1. The molecule has 0 unspecified atom stereocenters. The van der Waals surface area contributed by atoms with Crippen LogP contribution in [0.4, 0.5) is 17.2 Å². The summed E-state index contributed by atoms with van der Waals surface area (Å²) >= 11 is 0. The number of pyridine rings is 2. The minimum Gasteiger partial charge on any atom is -0.448 e. The third-order valence-corrected chi connectivity index (χ3v) is 5.71. The summed E-state index contributed by atoms with van der Waals surface area (Å²) in [6, 6.07) is 5.92. The third kappa shape index (κ3) is 3.69. The van der Waals surface area contributed by atoms with Gasteiger partial charge in [-0.15, -0.1) is 0 Å². The summed E-state index contributed by atoms with van der Waals surface area (Å²) in [4.78, 5) is 26.7. The molecule has 0 aromatic carbocycles. The largest absolute Gasteiger partial charge is 0.448 e. The van der Waals surface area contributed by atoms with Crippen molar-refractivity contribution in [3.05, 3.63) is 42.7 Å². The highest BCUT2D eigenvalue weighted by atomic mass is 16.5. The fourth-order valence-electron chi connectivity index (χ4n) is 4.15. The molecule has 4 N–H and O–H groups in total. The molecule has 1 fully saturated rings. The minimum absolute atomic E-state index is 0.0963. The van der Waals surface area contributed by atoms with Crippen molar-refractivity contribution < 1.29 is 14.8 Å². The lowest BCUT2D eigenvalue weighted by Crippen LogP contribution is -2.32. The molecule has 1 aliphatic heterocycles. The molecule has 1 atom stereocenters. The van der Waals surface area contributed by atoms with Crippen LogP contribution in [0.1, 0.15) is 18.7 Å². The quantitative estimate of drug-likeness (QED) is 0.423. The maximum atomic E-state index is 9.80. The Bertz CT molecular complexity index is 1240. The van der Waals surface area contributed by atoms with E-state index < -0.39 is 0 Å². The van der Waals surface area contributed by atoms with Gasteiger partial charge in [-0.3, -0.25) is 0 Å². The highest BCUT2D eigenvalue weighted by Crippen LogP contribution is 2.35. The number of aliphatic hydroxyl groups is 1. The van der Waals surface area contributed by atoms with E-state index in [2.05, 4.69) is 36.2 Å². The third-order valence-electron chi connectivity index (χ3n) is 5.71. The number of aromatic nitrogens is 6. The molecule has 0 aliphatic carbocycles. The van der Waals surface area contributed by atoms with Crippen LogP contribution >= 0.6 is 0 Å². The Balaban J connectivity index is 1.63. The van der Waals surface area contributed by atoms with Gasteiger partial charge in [0.25, 0.3) is 0 Å². The number of aliphatic hydroxyl groups excluding tert-OH is 1. The van der Waals surface area contributed by atoms with Gasteiger partial charge in [-0.05, 0) is 31.9 Å². The highest BCUT2D eigenvalue weighted by Gasteiger charge is 2.26. The summed E-state index contributed by atoms with van der Waals surface area (Å²) in [5.74, 6) is 1.94. The second kappa shape index (κ2) is 8.39. The molecule has 0 spiro atoms. The Hall–Kier alpha value is -3.79. The van der Waals surface area contributed by atoms with Gasteiger partial charge in [0.2, 0.25) is 0 Å². The van der Waals surface area contributed by atoms with Gasteiger partial charge in [0.05, 0.1) is 44.0 Å². The standard InChI is InChI=1S/C22H24N8O2/c1-13-27-19(20-22(28-13)26-12-25-20)17-8-16(30-7-3-4-15(30)11-31)10-24-21(17)29-14-5-6-18(32-2)23-9-14/h5-6,8-10,12,15,31H,3-4,7,11H2,1-2H3,(H,24,29)(H,25,26,27,28)/p+1/t15-/m1/s1. The van der Waals surface area contributed by atoms with Gasteiger partial charge < -0.3 is 25.0 Å². The van der Waals surface area contributed by atoms with Crippen LogP contribution in [0.2, 0.25) is 0 Å². The molecule has 1 aliphatic rings. The van der Waals surface area contributed by atoms with Crippen LogP contribution in [0.3, 0.4) is 0 Å². The molecular weight excluding hydrogens is 408 g/mol. The topological polar surface area (TPSA) is 126 Å². The Labute approximate surface area is 184 Å². The maximum Gasteiger partial charge on any atom is 0.365 e. The van der Waals surface area contributed by atoms with E-state index in [9.17, 15) is 5.11 Å². The zero-order chi connectivity index (χ0) is 22.1. The number of ether oxygens (including phenoxy) is 1. The zero-order valence-electron chi connectivity index (χ0n) is 18.0. The Morgan fingerprint density at radius 2 is 2.22 bits per heavy atom. The first-order valence-corrected chi connectivity index (χ1v) is 10.5. The molecule has 32 heavy (non-hydrogen) atoms. The van der Waals surface area contributed by atoms with Gasteiger partial charge in [0, 0.05) is 12.1 Å². The monoisotopic (exact) mass is 433 g/mol. The number of aromatic amines is 2. The Kier molecular flexibility index (Phi) is 5.28.